The lowest BCUT2D eigenvalue weighted by Crippen LogP contribution is -2.27. The van der Waals surface area contributed by atoms with Gasteiger partial charge in [0, 0.05) is 0 Å². The fourth-order valence-electron chi connectivity index (χ4n) is 1.03. The number of aliphatic carboxylic acids is 1. The minimum Gasteiger partial charge on any atom is -0.481 e. The number of nitrogens with one attached hydrogen (secondary N) is 1. The third-order valence-electron chi connectivity index (χ3n) is 1.66. The molecular weight excluding hydrogens is 234 g/mol. The highest BCUT2D eigenvalue weighted by atomic mass is 35.5. The van der Waals surface area contributed by atoms with E-state index in [1.54, 1.807) is 29.7 Å². The number of hydrogen-bond acceptors (Lipinski definition) is 3. The maximum Gasteiger partial charge on any atom is 0.307 e. The molecule has 0 atom stereocenters. The Morgan fingerprint density at radius 3 is 2.38 bits per heavy atom. The second-order valence-electron chi connectivity index (χ2n) is 2.85. The zero-order chi connectivity index (χ0) is 11.3. The minimum atomic E-state index is -0.886. The molecule has 0 aliphatic carbocycles. The van der Waals surface area contributed by atoms with Gasteiger partial charge in [-0.25, -0.2) is 10.5 Å². The zero-order valence-corrected chi connectivity index (χ0v) is 9.07. The third-order valence-corrected chi connectivity index (χ3v) is 1.66. The van der Waals surface area contributed by atoms with Gasteiger partial charge >= 0.3 is 5.97 Å². The zero-order valence-electron chi connectivity index (χ0n) is 8.25. The van der Waals surface area contributed by atoms with Gasteiger partial charge in [0.2, 0.25) is 5.96 Å². The van der Waals surface area contributed by atoms with Crippen LogP contribution in [0.2, 0.25) is 0 Å². The normalized spacial score (nSPS) is 10.4. The number of aliphatic imine (C=N–C) groups is 1. The van der Waals surface area contributed by atoms with Gasteiger partial charge < -0.3 is 10.8 Å². The molecule has 0 unspecified atom stereocenters. The highest BCUT2D eigenvalue weighted by molar-refractivity contribution is 5.85. The first-order valence-corrected chi connectivity index (χ1v) is 4.17. The van der Waals surface area contributed by atoms with Gasteiger partial charge in [0.1, 0.15) is 0 Å². The Kier molecular flexibility index (Phi) is 5.91. The molecule has 0 aromatic heterocycles. The second kappa shape index (κ2) is 6.65. The maximum atomic E-state index is 10.4. The van der Waals surface area contributed by atoms with Crippen LogP contribution in [-0.4, -0.2) is 22.2 Å². The van der Waals surface area contributed by atoms with Gasteiger partial charge in [-0.2, -0.15) is 0 Å². The summed E-state index contributed by atoms with van der Waals surface area (Å²) in [6.45, 7) is 0. The Bertz CT molecular complexity index is 378. The Morgan fingerprint density at radius 2 is 1.94 bits per heavy atom. The van der Waals surface area contributed by atoms with Crippen molar-refractivity contribution in [3.05, 3.63) is 29.8 Å². The van der Waals surface area contributed by atoms with Gasteiger partial charge in [0.25, 0.3) is 0 Å². The lowest BCUT2D eigenvalue weighted by atomic mass is 10.1. The highest BCUT2D eigenvalue weighted by Crippen LogP contribution is 2.12. The van der Waals surface area contributed by atoms with Crippen molar-refractivity contribution in [3.63, 3.8) is 0 Å². The molecule has 0 saturated heterocycles. The van der Waals surface area contributed by atoms with Crippen molar-refractivity contribution in [2.24, 2.45) is 10.7 Å². The first-order valence-electron chi connectivity index (χ1n) is 4.17. The number of nitrogens with zero attached hydrogens (tertiary/aromatic N) is 1. The standard InChI is InChI=1S/C9H11N3O3.ClH/c10-9(12-15)11-7-3-1-6(2-4-7)5-8(13)14;/h1-4,15H,5H2,(H,13,14)(H3,10,11,12);1H. The number of carboxylic acids is 1. The van der Waals surface area contributed by atoms with Crippen LogP contribution in [0.1, 0.15) is 5.56 Å². The van der Waals surface area contributed by atoms with E-state index in [1.807, 2.05) is 0 Å². The summed E-state index contributed by atoms with van der Waals surface area (Å²) in [5, 5.41) is 16.9. The Morgan fingerprint density at radius 1 is 1.38 bits per heavy atom. The van der Waals surface area contributed by atoms with Crippen LogP contribution in [0.25, 0.3) is 0 Å². The number of benzene rings is 1. The van der Waals surface area contributed by atoms with Crippen molar-refractivity contribution in [1.29, 1.82) is 0 Å². The average Bonchev–Trinajstić information content (AvgIpc) is 2.20. The van der Waals surface area contributed by atoms with E-state index in [2.05, 4.69) is 4.99 Å². The van der Waals surface area contributed by atoms with Gasteiger partial charge in [-0.1, -0.05) is 12.1 Å². The van der Waals surface area contributed by atoms with Crippen LogP contribution < -0.4 is 11.2 Å². The Balaban J connectivity index is 0.00000225. The largest absolute Gasteiger partial charge is 0.481 e. The van der Waals surface area contributed by atoms with E-state index < -0.39 is 5.97 Å². The van der Waals surface area contributed by atoms with E-state index in [1.165, 1.54) is 0 Å². The molecule has 1 rings (SSSR count). The topological polar surface area (TPSA) is 108 Å². The number of carbonyl (C=O) groups is 1. The number of hydroxylamine groups is 1. The van der Waals surface area contributed by atoms with Gasteiger partial charge in [-0.05, 0) is 17.7 Å². The summed E-state index contributed by atoms with van der Waals surface area (Å²) < 4.78 is 0. The number of guanidine groups is 1. The summed E-state index contributed by atoms with van der Waals surface area (Å²) >= 11 is 0. The minimum absolute atomic E-state index is 0. The molecule has 1 aromatic rings. The molecule has 0 radical (unpaired) electrons. The van der Waals surface area contributed by atoms with Crippen LogP contribution in [0.3, 0.4) is 0 Å². The number of nitrogens with two attached hydrogens (primary N) is 1. The van der Waals surface area contributed by atoms with E-state index in [9.17, 15) is 4.79 Å². The van der Waals surface area contributed by atoms with E-state index in [0.29, 0.717) is 11.3 Å². The molecule has 1 aromatic carbocycles. The summed E-state index contributed by atoms with van der Waals surface area (Å²) in [4.78, 5) is 14.2. The lowest BCUT2D eigenvalue weighted by molar-refractivity contribution is -0.136. The van der Waals surface area contributed by atoms with Crippen LogP contribution in [0.15, 0.2) is 29.3 Å². The van der Waals surface area contributed by atoms with Crippen molar-refractivity contribution in [2.75, 3.05) is 0 Å². The molecular formula is C9H12ClN3O3. The van der Waals surface area contributed by atoms with E-state index in [-0.39, 0.29) is 24.8 Å². The van der Waals surface area contributed by atoms with Crippen molar-refractivity contribution in [1.82, 2.24) is 5.48 Å². The van der Waals surface area contributed by atoms with Crippen molar-refractivity contribution in [3.8, 4) is 0 Å². The Labute approximate surface area is 98.2 Å². The maximum absolute atomic E-state index is 10.4. The molecule has 0 aliphatic heterocycles. The van der Waals surface area contributed by atoms with Crippen molar-refractivity contribution >= 4 is 30.0 Å². The molecule has 0 fully saturated rings. The van der Waals surface area contributed by atoms with Gasteiger partial charge in [0.15, 0.2) is 0 Å². The van der Waals surface area contributed by atoms with Crippen LogP contribution in [0, 0.1) is 0 Å². The smallest absolute Gasteiger partial charge is 0.307 e. The van der Waals surface area contributed by atoms with Crippen LogP contribution >= 0.6 is 12.4 Å². The first kappa shape index (κ1) is 14.2. The molecule has 6 nitrogen and oxygen atoms in total. The van der Waals surface area contributed by atoms with Crippen LogP contribution in [-0.2, 0) is 11.2 Å². The third kappa shape index (κ3) is 4.63. The van der Waals surface area contributed by atoms with Crippen molar-refractivity contribution in [2.45, 2.75) is 6.42 Å². The van der Waals surface area contributed by atoms with Crippen molar-refractivity contribution < 1.29 is 15.1 Å². The molecule has 0 spiro atoms. The van der Waals surface area contributed by atoms with Gasteiger partial charge in [-0.3, -0.25) is 10.0 Å². The average molecular weight is 246 g/mol. The lowest BCUT2D eigenvalue weighted by Gasteiger charge is -1.99. The Hall–Kier alpha value is -1.79. The summed E-state index contributed by atoms with van der Waals surface area (Å²) in [6.07, 6.45) is -0.0300. The van der Waals surface area contributed by atoms with E-state index in [0.717, 1.165) is 0 Å². The molecule has 0 amide bonds. The fraction of sp³-hybridized carbons (Fsp3) is 0.111. The van der Waals surface area contributed by atoms with Crippen LogP contribution in [0.4, 0.5) is 5.69 Å². The van der Waals surface area contributed by atoms with Gasteiger partial charge in [-0.15, -0.1) is 12.4 Å². The molecule has 0 aliphatic rings. The number of rotatable bonds is 3. The predicted molar refractivity (Wildman–Crippen MR) is 61.2 cm³/mol. The van der Waals surface area contributed by atoms with E-state index in [4.69, 9.17) is 16.0 Å². The predicted octanol–water partition coefficient (Wildman–Crippen LogP) is 0.660. The number of carboxylic acid groups (broad SMARTS) is 1. The molecule has 0 bridgehead atoms. The van der Waals surface area contributed by atoms with Crippen LogP contribution in [0.5, 0.6) is 0 Å². The highest BCUT2D eigenvalue weighted by Gasteiger charge is 1.99. The second-order valence-corrected chi connectivity index (χ2v) is 2.85. The molecule has 7 heteroatoms. The number of hydrogen-bond donors (Lipinski definition) is 4. The van der Waals surface area contributed by atoms with E-state index >= 15 is 0 Å². The number of halogens is 1. The van der Waals surface area contributed by atoms with Gasteiger partial charge in [0.05, 0.1) is 12.1 Å². The summed E-state index contributed by atoms with van der Waals surface area (Å²) in [7, 11) is 0. The molecule has 16 heavy (non-hydrogen) atoms. The fourth-order valence-corrected chi connectivity index (χ4v) is 1.03. The SMILES string of the molecule is Cl.NC(=Nc1ccc(CC(=O)O)cc1)NO. The summed E-state index contributed by atoms with van der Waals surface area (Å²) in [5.74, 6) is -1.01. The quantitative estimate of drug-likeness (QED) is 0.355. The molecule has 88 valence electrons. The molecule has 5 N–H and O–H groups in total. The monoisotopic (exact) mass is 245 g/mol. The molecule has 0 saturated carbocycles. The summed E-state index contributed by atoms with van der Waals surface area (Å²) in [6, 6.07) is 6.50. The summed E-state index contributed by atoms with van der Waals surface area (Å²) in [5.41, 5.74) is 8.12. The first-order chi connectivity index (χ1) is 7.11. The molecule has 0 heterocycles.